The molecule has 0 aromatic heterocycles. The third-order valence-corrected chi connectivity index (χ3v) is 3.93. The lowest BCUT2D eigenvalue weighted by molar-refractivity contribution is 0.109. The minimum absolute atomic E-state index is 0.0752. The number of rotatable bonds is 3. The van der Waals surface area contributed by atoms with Gasteiger partial charge in [0.25, 0.3) is 0 Å². The van der Waals surface area contributed by atoms with Gasteiger partial charge in [-0.1, -0.05) is 0 Å². The van der Waals surface area contributed by atoms with Crippen molar-refractivity contribution in [2.45, 2.75) is 51.7 Å². The number of ether oxygens (including phenoxy) is 1. The Balaban J connectivity index is 2.33. The summed E-state index contributed by atoms with van der Waals surface area (Å²) >= 11 is 1.61. The van der Waals surface area contributed by atoms with E-state index in [-0.39, 0.29) is 18.2 Å². The number of hydrogen-bond donors (Lipinski definition) is 2. The average molecular weight is 273 g/mol. The number of alkyl carbamates (subject to hydrolysis) is 1. The predicted molar refractivity (Wildman–Crippen MR) is 75.6 cm³/mol. The first kappa shape index (κ1) is 15.1. The molecule has 0 unspecified atom stereocenters. The van der Waals surface area contributed by atoms with E-state index < -0.39 is 0 Å². The van der Waals surface area contributed by atoms with Crippen molar-refractivity contribution in [3.05, 3.63) is 0 Å². The van der Waals surface area contributed by atoms with Crippen LogP contribution in [0.5, 0.6) is 0 Å². The average Bonchev–Trinajstić information content (AvgIpc) is 2.31. The lowest BCUT2D eigenvalue weighted by Gasteiger charge is -2.29. The van der Waals surface area contributed by atoms with Gasteiger partial charge in [-0.2, -0.15) is 5.10 Å². The van der Waals surface area contributed by atoms with Gasteiger partial charge in [0.15, 0.2) is 0 Å². The van der Waals surface area contributed by atoms with Gasteiger partial charge in [0.1, 0.15) is 0 Å². The summed E-state index contributed by atoms with van der Waals surface area (Å²) in [4.78, 5) is 11.5. The number of carbonyl (C=O) groups is 1. The monoisotopic (exact) mass is 273 g/mol. The second kappa shape index (κ2) is 7.51. The zero-order valence-corrected chi connectivity index (χ0v) is 12.1. The summed E-state index contributed by atoms with van der Waals surface area (Å²) in [6.07, 6.45) is 5.55. The molecule has 104 valence electrons. The van der Waals surface area contributed by atoms with Crippen molar-refractivity contribution >= 4 is 22.9 Å². The molecule has 0 bridgehead atoms. The number of nitrogens with two attached hydrogens (primary N) is 1. The highest BCUT2D eigenvalue weighted by molar-refractivity contribution is 8.13. The predicted octanol–water partition coefficient (Wildman–Crippen LogP) is 2.32. The molecule has 1 aliphatic carbocycles. The Bertz CT molecular complexity index is 300. The molecule has 0 spiro atoms. The zero-order valence-electron chi connectivity index (χ0n) is 11.3. The van der Waals surface area contributed by atoms with Crippen LogP contribution in [0.1, 0.15) is 39.5 Å². The summed E-state index contributed by atoms with van der Waals surface area (Å²) in [5, 5.41) is 7.74. The molecule has 6 heteroatoms. The molecule has 18 heavy (non-hydrogen) atoms. The lowest BCUT2D eigenvalue weighted by Crippen LogP contribution is -2.39. The van der Waals surface area contributed by atoms with Crippen molar-refractivity contribution < 1.29 is 9.53 Å². The normalized spacial score (nSPS) is 25.0. The summed E-state index contributed by atoms with van der Waals surface area (Å²) in [7, 11) is 0. The van der Waals surface area contributed by atoms with Gasteiger partial charge >= 0.3 is 6.09 Å². The highest BCUT2D eigenvalue weighted by atomic mass is 32.2. The topological polar surface area (TPSA) is 76.7 Å². The number of carbonyl (C=O) groups excluding carboxylic acids is 1. The van der Waals surface area contributed by atoms with Crippen LogP contribution in [0.15, 0.2) is 5.10 Å². The van der Waals surface area contributed by atoms with Gasteiger partial charge in [0.2, 0.25) is 0 Å². The van der Waals surface area contributed by atoms with Gasteiger partial charge in [0.05, 0.1) is 11.1 Å². The molecule has 1 saturated carbocycles. The fraction of sp³-hybridized carbons (Fsp3) is 0.833. The Morgan fingerprint density at radius 2 is 2.00 bits per heavy atom. The number of nitrogens with one attached hydrogen (secondary N) is 1. The van der Waals surface area contributed by atoms with Crippen molar-refractivity contribution in [1.82, 2.24) is 5.32 Å². The minimum atomic E-state index is -0.314. The molecule has 1 aliphatic rings. The third-order valence-electron chi connectivity index (χ3n) is 3.08. The molecule has 0 aliphatic heterocycles. The summed E-state index contributed by atoms with van der Waals surface area (Å²) < 4.78 is 5.07. The van der Waals surface area contributed by atoms with Gasteiger partial charge in [-0.05, 0) is 45.8 Å². The van der Waals surface area contributed by atoms with Crippen LogP contribution in [0, 0.1) is 5.92 Å². The van der Waals surface area contributed by atoms with Crippen molar-refractivity contribution in [2.75, 3.05) is 6.26 Å². The van der Waals surface area contributed by atoms with Gasteiger partial charge in [0, 0.05) is 12.0 Å². The van der Waals surface area contributed by atoms with E-state index in [1.54, 1.807) is 11.8 Å². The Hall–Kier alpha value is -0.910. The van der Waals surface area contributed by atoms with E-state index in [1.165, 1.54) is 0 Å². The van der Waals surface area contributed by atoms with Crippen molar-refractivity contribution in [1.29, 1.82) is 0 Å². The molecule has 5 nitrogen and oxygen atoms in total. The SMILES string of the molecule is CS/C(=N\N)[C@H]1CC[C@H](NC(=O)OC(C)C)CC1. The Kier molecular flexibility index (Phi) is 6.32. The quantitative estimate of drug-likeness (QED) is 0.358. The van der Waals surface area contributed by atoms with Crippen LogP contribution in [0.4, 0.5) is 4.79 Å². The van der Waals surface area contributed by atoms with Crippen LogP contribution in [0.25, 0.3) is 0 Å². The van der Waals surface area contributed by atoms with E-state index in [4.69, 9.17) is 10.6 Å². The molecular weight excluding hydrogens is 250 g/mol. The second-order valence-corrected chi connectivity index (χ2v) is 5.64. The molecule has 0 atom stereocenters. The van der Waals surface area contributed by atoms with E-state index in [2.05, 4.69) is 10.4 Å². The molecule has 1 rings (SSSR count). The van der Waals surface area contributed by atoms with Gasteiger partial charge in [-0.25, -0.2) is 4.79 Å². The molecule has 0 heterocycles. The van der Waals surface area contributed by atoms with E-state index in [0.29, 0.717) is 5.92 Å². The van der Waals surface area contributed by atoms with E-state index in [0.717, 1.165) is 30.7 Å². The first-order valence-electron chi connectivity index (χ1n) is 6.35. The van der Waals surface area contributed by atoms with Crippen LogP contribution >= 0.6 is 11.8 Å². The zero-order chi connectivity index (χ0) is 13.5. The minimum Gasteiger partial charge on any atom is -0.447 e. The number of nitrogens with zero attached hydrogens (tertiary/aromatic N) is 1. The first-order chi connectivity index (χ1) is 8.56. The van der Waals surface area contributed by atoms with E-state index >= 15 is 0 Å². The lowest BCUT2D eigenvalue weighted by atomic mass is 9.87. The molecule has 0 aromatic carbocycles. The second-order valence-electron chi connectivity index (χ2n) is 4.82. The smallest absolute Gasteiger partial charge is 0.407 e. The Morgan fingerprint density at radius 3 is 2.44 bits per heavy atom. The maximum atomic E-state index is 11.5. The van der Waals surface area contributed by atoms with Crippen molar-refractivity contribution in [2.24, 2.45) is 16.9 Å². The summed E-state index contributed by atoms with van der Waals surface area (Å²) in [5.41, 5.74) is 0. The first-order valence-corrected chi connectivity index (χ1v) is 7.58. The third kappa shape index (κ3) is 4.76. The van der Waals surface area contributed by atoms with Gasteiger partial charge in [-0.3, -0.25) is 0 Å². The van der Waals surface area contributed by atoms with E-state index in [9.17, 15) is 4.79 Å². The maximum Gasteiger partial charge on any atom is 0.407 e. The van der Waals surface area contributed by atoms with Crippen LogP contribution in [-0.4, -0.2) is 29.5 Å². The van der Waals surface area contributed by atoms with Crippen LogP contribution in [0.2, 0.25) is 0 Å². The van der Waals surface area contributed by atoms with Crippen LogP contribution < -0.4 is 11.2 Å². The Morgan fingerprint density at radius 1 is 1.39 bits per heavy atom. The molecular formula is C12H23N3O2S. The summed E-state index contributed by atoms with van der Waals surface area (Å²) in [6, 6.07) is 0.216. The highest BCUT2D eigenvalue weighted by Gasteiger charge is 2.25. The Labute approximate surface area is 113 Å². The van der Waals surface area contributed by atoms with Crippen LogP contribution in [0.3, 0.4) is 0 Å². The number of hydrogen-bond acceptors (Lipinski definition) is 5. The number of hydrazone groups is 1. The maximum absolute atomic E-state index is 11.5. The van der Waals surface area contributed by atoms with Gasteiger partial charge < -0.3 is 15.9 Å². The molecule has 3 N–H and O–H groups in total. The van der Waals surface area contributed by atoms with Crippen molar-refractivity contribution in [3.63, 3.8) is 0 Å². The molecule has 1 amide bonds. The fourth-order valence-electron chi connectivity index (χ4n) is 2.22. The van der Waals surface area contributed by atoms with Crippen LogP contribution in [-0.2, 0) is 4.74 Å². The molecule has 0 saturated heterocycles. The van der Waals surface area contributed by atoms with E-state index in [1.807, 2.05) is 20.1 Å². The number of thioether (sulfide) groups is 1. The summed E-state index contributed by atoms with van der Waals surface area (Å²) in [6.45, 7) is 3.69. The van der Waals surface area contributed by atoms with Gasteiger partial charge in [-0.15, -0.1) is 11.8 Å². The van der Waals surface area contributed by atoms with Crippen molar-refractivity contribution in [3.8, 4) is 0 Å². The highest BCUT2D eigenvalue weighted by Crippen LogP contribution is 2.28. The molecule has 1 fully saturated rings. The molecule has 0 radical (unpaired) electrons. The summed E-state index contributed by atoms with van der Waals surface area (Å²) in [5.74, 6) is 5.81. The number of amides is 1. The molecule has 0 aromatic rings. The largest absolute Gasteiger partial charge is 0.447 e. The standard InChI is InChI=1S/C12H23N3O2S/c1-8(2)17-12(16)14-10-6-4-9(5-7-10)11(15-13)18-3/h8-10H,4-7,13H2,1-3H3,(H,14,16)/b15-11-/t9-,10-. The fourth-order valence-corrected chi connectivity index (χ4v) is 2.90.